The standard InChI is InChI=1S/C22H32N6/c1-23-22(26-14-8-7-13-25-21-11-5-6-12-24-21)28-17-15-27(16-18-28)19-20-9-3-2-4-10-20/h2-6,9-12H,7-8,13-19H2,1H3,(H,23,26)(H,24,25). The number of hydrogen-bond donors (Lipinski definition) is 2. The average molecular weight is 381 g/mol. The minimum Gasteiger partial charge on any atom is -0.370 e. The van der Waals surface area contributed by atoms with Gasteiger partial charge in [0.1, 0.15) is 5.82 Å². The molecule has 0 saturated carbocycles. The number of rotatable bonds is 8. The van der Waals surface area contributed by atoms with Crippen LogP contribution in [0.15, 0.2) is 59.7 Å². The van der Waals surface area contributed by atoms with Crippen LogP contribution in [0.3, 0.4) is 0 Å². The molecular formula is C22H32N6. The summed E-state index contributed by atoms with van der Waals surface area (Å²) >= 11 is 0. The molecule has 0 spiro atoms. The monoisotopic (exact) mass is 380 g/mol. The van der Waals surface area contributed by atoms with Crippen molar-refractivity contribution in [2.24, 2.45) is 4.99 Å². The Bertz CT molecular complexity index is 695. The number of aliphatic imine (C=N–C) groups is 1. The van der Waals surface area contributed by atoms with E-state index in [2.05, 4.69) is 60.7 Å². The molecule has 6 nitrogen and oxygen atoms in total. The Morgan fingerprint density at radius 1 is 0.964 bits per heavy atom. The minimum atomic E-state index is 0.940. The molecule has 6 heteroatoms. The van der Waals surface area contributed by atoms with E-state index in [0.29, 0.717) is 0 Å². The Balaban J connectivity index is 1.30. The number of aromatic nitrogens is 1. The fraction of sp³-hybridized carbons (Fsp3) is 0.455. The third-order valence-electron chi connectivity index (χ3n) is 4.99. The van der Waals surface area contributed by atoms with Crippen molar-refractivity contribution in [3.63, 3.8) is 0 Å². The van der Waals surface area contributed by atoms with Crippen molar-refractivity contribution in [3.05, 3.63) is 60.3 Å². The Hall–Kier alpha value is -2.60. The van der Waals surface area contributed by atoms with Gasteiger partial charge in [-0.05, 0) is 30.5 Å². The van der Waals surface area contributed by atoms with Gasteiger partial charge in [-0.15, -0.1) is 0 Å². The van der Waals surface area contributed by atoms with Crippen LogP contribution >= 0.6 is 0 Å². The normalized spacial score (nSPS) is 15.5. The second-order valence-corrected chi connectivity index (χ2v) is 7.07. The van der Waals surface area contributed by atoms with Crippen LogP contribution in [-0.4, -0.2) is 67.1 Å². The van der Waals surface area contributed by atoms with Crippen LogP contribution in [0.25, 0.3) is 0 Å². The van der Waals surface area contributed by atoms with Crippen molar-refractivity contribution in [3.8, 4) is 0 Å². The molecule has 2 heterocycles. The molecule has 1 aromatic heterocycles. The second kappa shape index (κ2) is 11.3. The summed E-state index contributed by atoms with van der Waals surface area (Å²) in [4.78, 5) is 13.6. The summed E-state index contributed by atoms with van der Waals surface area (Å²) in [6.07, 6.45) is 4.02. The fourth-order valence-electron chi connectivity index (χ4n) is 3.43. The van der Waals surface area contributed by atoms with Gasteiger partial charge >= 0.3 is 0 Å². The van der Waals surface area contributed by atoms with Gasteiger partial charge in [-0.2, -0.15) is 0 Å². The molecule has 0 bridgehead atoms. The van der Waals surface area contributed by atoms with Gasteiger partial charge in [-0.3, -0.25) is 9.89 Å². The van der Waals surface area contributed by atoms with Crippen molar-refractivity contribution in [1.82, 2.24) is 20.1 Å². The topological polar surface area (TPSA) is 55.8 Å². The lowest BCUT2D eigenvalue weighted by molar-refractivity contribution is 0.172. The predicted molar refractivity (Wildman–Crippen MR) is 117 cm³/mol. The number of guanidine groups is 1. The summed E-state index contributed by atoms with van der Waals surface area (Å²) in [6, 6.07) is 16.6. The van der Waals surface area contributed by atoms with Gasteiger partial charge in [0, 0.05) is 59.1 Å². The van der Waals surface area contributed by atoms with E-state index in [1.165, 1.54) is 5.56 Å². The number of piperazine rings is 1. The van der Waals surface area contributed by atoms with Crippen LogP contribution < -0.4 is 10.6 Å². The van der Waals surface area contributed by atoms with Crippen molar-refractivity contribution < 1.29 is 0 Å². The molecule has 150 valence electrons. The molecule has 0 amide bonds. The molecule has 1 fully saturated rings. The summed E-state index contributed by atoms with van der Waals surface area (Å²) < 4.78 is 0. The van der Waals surface area contributed by atoms with Gasteiger partial charge in [0.2, 0.25) is 0 Å². The van der Waals surface area contributed by atoms with Gasteiger partial charge in [0.15, 0.2) is 5.96 Å². The van der Waals surface area contributed by atoms with Gasteiger partial charge < -0.3 is 15.5 Å². The maximum absolute atomic E-state index is 4.47. The maximum atomic E-state index is 4.47. The molecular weight excluding hydrogens is 348 g/mol. The number of anilines is 1. The highest BCUT2D eigenvalue weighted by atomic mass is 15.3. The first-order valence-corrected chi connectivity index (χ1v) is 10.2. The Kier molecular flexibility index (Phi) is 8.12. The lowest BCUT2D eigenvalue weighted by Crippen LogP contribution is -2.52. The smallest absolute Gasteiger partial charge is 0.193 e. The molecule has 1 aliphatic rings. The first kappa shape index (κ1) is 20.1. The van der Waals surface area contributed by atoms with E-state index >= 15 is 0 Å². The number of hydrogen-bond acceptors (Lipinski definition) is 4. The average Bonchev–Trinajstić information content (AvgIpc) is 2.75. The van der Waals surface area contributed by atoms with Crippen LogP contribution in [0.2, 0.25) is 0 Å². The predicted octanol–water partition coefficient (Wildman–Crippen LogP) is 2.67. The minimum absolute atomic E-state index is 0.940. The molecule has 0 radical (unpaired) electrons. The molecule has 1 aromatic carbocycles. The molecule has 2 aromatic rings. The van der Waals surface area contributed by atoms with Crippen LogP contribution in [0.5, 0.6) is 0 Å². The summed E-state index contributed by atoms with van der Waals surface area (Å²) in [6.45, 7) is 7.11. The third-order valence-corrected chi connectivity index (χ3v) is 4.99. The highest BCUT2D eigenvalue weighted by molar-refractivity contribution is 5.79. The van der Waals surface area contributed by atoms with Crippen LogP contribution in [-0.2, 0) is 6.54 Å². The summed E-state index contributed by atoms with van der Waals surface area (Å²) in [5.74, 6) is 1.97. The van der Waals surface area contributed by atoms with Crippen molar-refractivity contribution in [2.45, 2.75) is 19.4 Å². The highest BCUT2D eigenvalue weighted by Crippen LogP contribution is 2.08. The molecule has 0 aliphatic carbocycles. The van der Waals surface area contributed by atoms with Gasteiger partial charge in [0.25, 0.3) is 0 Å². The zero-order valence-corrected chi connectivity index (χ0v) is 16.8. The van der Waals surface area contributed by atoms with Crippen molar-refractivity contribution in [1.29, 1.82) is 0 Å². The summed E-state index contributed by atoms with van der Waals surface area (Å²) in [5, 5.41) is 6.87. The Morgan fingerprint density at radius 2 is 1.71 bits per heavy atom. The number of pyridine rings is 1. The molecule has 1 saturated heterocycles. The zero-order chi connectivity index (χ0) is 19.4. The first-order chi connectivity index (χ1) is 13.8. The number of nitrogens with one attached hydrogen (secondary N) is 2. The van der Waals surface area contributed by atoms with E-state index in [1.807, 2.05) is 31.4 Å². The largest absolute Gasteiger partial charge is 0.370 e. The molecule has 0 atom stereocenters. The highest BCUT2D eigenvalue weighted by Gasteiger charge is 2.19. The van der Waals surface area contributed by atoms with E-state index in [-0.39, 0.29) is 0 Å². The zero-order valence-electron chi connectivity index (χ0n) is 16.8. The third kappa shape index (κ3) is 6.53. The molecule has 1 aliphatic heterocycles. The van der Waals surface area contributed by atoms with Crippen LogP contribution in [0.4, 0.5) is 5.82 Å². The molecule has 28 heavy (non-hydrogen) atoms. The first-order valence-electron chi connectivity index (χ1n) is 10.2. The molecule has 3 rings (SSSR count). The Morgan fingerprint density at radius 3 is 2.43 bits per heavy atom. The van der Waals surface area contributed by atoms with Gasteiger partial charge in [-0.1, -0.05) is 36.4 Å². The molecule has 0 unspecified atom stereocenters. The van der Waals surface area contributed by atoms with E-state index in [4.69, 9.17) is 0 Å². The lowest BCUT2D eigenvalue weighted by atomic mass is 10.2. The SMILES string of the molecule is CN=C(NCCCCNc1ccccn1)N1CCN(Cc2ccccc2)CC1. The Labute approximate surface area is 168 Å². The van der Waals surface area contributed by atoms with Gasteiger partial charge in [0.05, 0.1) is 0 Å². The van der Waals surface area contributed by atoms with Crippen LogP contribution in [0, 0.1) is 0 Å². The number of benzene rings is 1. The summed E-state index contributed by atoms with van der Waals surface area (Å²) in [7, 11) is 1.88. The van der Waals surface area contributed by atoms with Gasteiger partial charge in [-0.25, -0.2) is 4.98 Å². The summed E-state index contributed by atoms with van der Waals surface area (Å²) in [5.41, 5.74) is 1.39. The van der Waals surface area contributed by atoms with Crippen molar-refractivity contribution >= 4 is 11.8 Å². The van der Waals surface area contributed by atoms with Crippen molar-refractivity contribution in [2.75, 3.05) is 51.6 Å². The van der Waals surface area contributed by atoms with E-state index in [1.54, 1.807) is 0 Å². The maximum Gasteiger partial charge on any atom is 0.193 e. The van der Waals surface area contributed by atoms with E-state index in [9.17, 15) is 0 Å². The quantitative estimate of drug-likeness (QED) is 0.419. The number of nitrogens with zero attached hydrogens (tertiary/aromatic N) is 4. The lowest BCUT2D eigenvalue weighted by Gasteiger charge is -2.36. The van der Waals surface area contributed by atoms with E-state index < -0.39 is 0 Å². The van der Waals surface area contributed by atoms with E-state index in [0.717, 1.165) is 70.4 Å². The fourth-order valence-corrected chi connectivity index (χ4v) is 3.43. The second-order valence-electron chi connectivity index (χ2n) is 7.07. The van der Waals surface area contributed by atoms with Crippen LogP contribution in [0.1, 0.15) is 18.4 Å². The number of unbranched alkanes of at least 4 members (excludes halogenated alkanes) is 1. The molecule has 2 N–H and O–H groups in total.